The Morgan fingerprint density at radius 1 is 1.03 bits per heavy atom. The van der Waals surface area contributed by atoms with Crippen molar-refractivity contribution in [2.45, 2.75) is 6.61 Å². The summed E-state index contributed by atoms with van der Waals surface area (Å²) in [6, 6.07) is 18.8. The minimum atomic E-state index is -0.550. The van der Waals surface area contributed by atoms with E-state index in [2.05, 4.69) is 5.32 Å². The molecule has 0 radical (unpaired) electrons. The second-order valence-electron chi connectivity index (χ2n) is 6.57. The number of nitriles is 1. The first-order chi connectivity index (χ1) is 15.4. The van der Waals surface area contributed by atoms with Crippen molar-refractivity contribution in [1.29, 1.82) is 5.26 Å². The van der Waals surface area contributed by atoms with Crippen LogP contribution in [0.2, 0.25) is 15.1 Å². The lowest BCUT2D eigenvalue weighted by Crippen LogP contribution is -2.13. The fourth-order valence-corrected chi connectivity index (χ4v) is 3.42. The van der Waals surface area contributed by atoms with Crippen LogP contribution in [0.1, 0.15) is 11.1 Å². The van der Waals surface area contributed by atoms with Crippen LogP contribution in [0.5, 0.6) is 11.5 Å². The Balaban J connectivity index is 1.76. The number of ether oxygens (including phenoxy) is 2. The summed E-state index contributed by atoms with van der Waals surface area (Å²) in [5, 5.41) is 13.6. The average molecular weight is 488 g/mol. The number of nitrogens with one attached hydrogen (secondary N) is 1. The normalized spacial score (nSPS) is 10.9. The van der Waals surface area contributed by atoms with Gasteiger partial charge < -0.3 is 14.8 Å². The highest BCUT2D eigenvalue weighted by atomic mass is 35.5. The van der Waals surface area contributed by atoms with Crippen LogP contribution in [-0.4, -0.2) is 13.0 Å². The molecule has 0 saturated carbocycles. The molecule has 1 N–H and O–H groups in total. The largest absolute Gasteiger partial charge is 0.493 e. The molecule has 32 heavy (non-hydrogen) atoms. The fraction of sp³-hybridized carbons (Fsp3) is 0.0833. The molecular formula is C24H17Cl3N2O3. The molecule has 3 rings (SSSR count). The van der Waals surface area contributed by atoms with Crippen molar-refractivity contribution in [2.24, 2.45) is 0 Å². The molecule has 3 aromatic rings. The number of benzene rings is 3. The number of methoxy groups -OCH3 is 1. The van der Waals surface area contributed by atoms with Crippen molar-refractivity contribution >= 4 is 52.5 Å². The highest BCUT2D eigenvalue weighted by molar-refractivity contribution is 6.35. The van der Waals surface area contributed by atoms with Crippen molar-refractivity contribution in [1.82, 2.24) is 0 Å². The second kappa shape index (κ2) is 10.9. The lowest BCUT2D eigenvalue weighted by atomic mass is 10.1. The summed E-state index contributed by atoms with van der Waals surface area (Å²) < 4.78 is 11.2. The first kappa shape index (κ1) is 23.5. The maximum atomic E-state index is 12.5. The van der Waals surface area contributed by atoms with Crippen LogP contribution < -0.4 is 14.8 Å². The van der Waals surface area contributed by atoms with Crippen LogP contribution >= 0.6 is 34.8 Å². The molecule has 0 bridgehead atoms. The Morgan fingerprint density at radius 3 is 2.50 bits per heavy atom. The van der Waals surface area contributed by atoms with Gasteiger partial charge in [-0.05, 0) is 54.1 Å². The first-order valence-electron chi connectivity index (χ1n) is 9.33. The van der Waals surface area contributed by atoms with Crippen LogP contribution in [0.15, 0.2) is 66.2 Å². The van der Waals surface area contributed by atoms with Crippen molar-refractivity contribution in [3.63, 3.8) is 0 Å². The van der Waals surface area contributed by atoms with Crippen molar-refractivity contribution in [3.05, 3.63) is 92.4 Å². The number of halogens is 3. The summed E-state index contributed by atoms with van der Waals surface area (Å²) >= 11 is 18.0. The smallest absolute Gasteiger partial charge is 0.266 e. The van der Waals surface area contributed by atoms with E-state index in [0.717, 1.165) is 5.56 Å². The Morgan fingerprint density at radius 2 is 1.81 bits per heavy atom. The number of carbonyl (C=O) groups is 1. The summed E-state index contributed by atoms with van der Waals surface area (Å²) in [4.78, 5) is 12.5. The molecule has 0 aliphatic rings. The zero-order valence-electron chi connectivity index (χ0n) is 16.9. The Kier molecular flexibility index (Phi) is 8.02. The monoisotopic (exact) mass is 486 g/mol. The van der Waals surface area contributed by atoms with Gasteiger partial charge in [0.15, 0.2) is 11.5 Å². The van der Waals surface area contributed by atoms with Crippen LogP contribution in [0.25, 0.3) is 6.08 Å². The maximum absolute atomic E-state index is 12.5. The van der Waals surface area contributed by atoms with E-state index in [1.165, 1.54) is 13.2 Å². The van der Waals surface area contributed by atoms with Gasteiger partial charge in [-0.3, -0.25) is 4.79 Å². The standard InChI is InChI=1S/C24H17Cl3N2O3/c1-31-23-10-15(5-8-22(23)32-14-16-6-7-19(26)12-21(16)27)9-17(13-28)24(30)29-20-4-2-3-18(25)11-20/h2-12H,14H2,1H3,(H,29,30)/b17-9-. The lowest BCUT2D eigenvalue weighted by molar-refractivity contribution is -0.112. The van der Waals surface area contributed by atoms with E-state index in [-0.39, 0.29) is 12.2 Å². The van der Waals surface area contributed by atoms with Crippen molar-refractivity contribution < 1.29 is 14.3 Å². The molecule has 1 amide bonds. The molecule has 0 aromatic heterocycles. The molecule has 0 atom stereocenters. The highest BCUT2D eigenvalue weighted by Gasteiger charge is 2.12. The zero-order chi connectivity index (χ0) is 23.1. The first-order valence-corrected chi connectivity index (χ1v) is 10.5. The van der Waals surface area contributed by atoms with E-state index < -0.39 is 5.91 Å². The third kappa shape index (κ3) is 6.18. The SMILES string of the molecule is COc1cc(/C=C(/C#N)C(=O)Nc2cccc(Cl)c2)ccc1OCc1ccc(Cl)cc1Cl. The van der Waals surface area contributed by atoms with E-state index in [4.69, 9.17) is 44.3 Å². The van der Waals surface area contributed by atoms with Crippen molar-refractivity contribution in [3.8, 4) is 17.6 Å². The number of carbonyl (C=O) groups excluding carboxylic acids is 1. The maximum Gasteiger partial charge on any atom is 0.266 e. The van der Waals surface area contributed by atoms with Crippen LogP contribution in [0.4, 0.5) is 5.69 Å². The number of rotatable bonds is 7. The number of amides is 1. The predicted molar refractivity (Wildman–Crippen MR) is 127 cm³/mol. The molecular weight excluding hydrogens is 471 g/mol. The summed E-state index contributed by atoms with van der Waals surface area (Å²) in [5.74, 6) is 0.375. The Hall–Kier alpha value is -3.17. The minimum absolute atomic E-state index is 0.0753. The number of nitrogens with zero attached hydrogens (tertiary/aromatic N) is 1. The fourth-order valence-electron chi connectivity index (χ4n) is 2.77. The van der Waals surface area contributed by atoms with Gasteiger partial charge in [0.2, 0.25) is 0 Å². The molecule has 0 heterocycles. The van der Waals surface area contributed by atoms with E-state index in [1.807, 2.05) is 6.07 Å². The molecule has 0 aliphatic carbocycles. The van der Waals surface area contributed by atoms with Gasteiger partial charge in [0.1, 0.15) is 18.2 Å². The van der Waals surface area contributed by atoms with Gasteiger partial charge in [-0.25, -0.2) is 0 Å². The van der Waals surface area contributed by atoms with E-state index in [9.17, 15) is 10.1 Å². The zero-order valence-corrected chi connectivity index (χ0v) is 19.1. The van der Waals surface area contributed by atoms with Crippen LogP contribution in [0, 0.1) is 11.3 Å². The molecule has 3 aromatic carbocycles. The summed E-state index contributed by atoms with van der Waals surface area (Å²) in [6.45, 7) is 0.215. The Labute approximate surface area is 200 Å². The van der Waals surface area contributed by atoms with Crippen LogP contribution in [-0.2, 0) is 11.4 Å². The molecule has 0 spiro atoms. The number of anilines is 1. The van der Waals surface area contributed by atoms with Gasteiger partial charge >= 0.3 is 0 Å². The average Bonchev–Trinajstić information content (AvgIpc) is 2.77. The summed E-state index contributed by atoms with van der Waals surface area (Å²) in [6.07, 6.45) is 1.46. The van der Waals surface area contributed by atoms with Gasteiger partial charge in [0, 0.05) is 26.3 Å². The second-order valence-corrected chi connectivity index (χ2v) is 7.85. The van der Waals surface area contributed by atoms with Gasteiger partial charge in [0.25, 0.3) is 5.91 Å². The highest BCUT2D eigenvalue weighted by Crippen LogP contribution is 2.31. The molecule has 5 nitrogen and oxygen atoms in total. The summed E-state index contributed by atoms with van der Waals surface area (Å²) in [5.41, 5.74) is 1.78. The quantitative estimate of drug-likeness (QED) is 0.294. The third-order valence-corrected chi connectivity index (χ3v) is 5.17. The minimum Gasteiger partial charge on any atom is -0.493 e. The number of hydrogen-bond donors (Lipinski definition) is 1. The van der Waals surface area contributed by atoms with Gasteiger partial charge in [-0.2, -0.15) is 5.26 Å². The van der Waals surface area contributed by atoms with Crippen molar-refractivity contribution in [2.75, 3.05) is 12.4 Å². The van der Waals surface area contributed by atoms with Gasteiger partial charge in [0.05, 0.1) is 7.11 Å². The molecule has 0 aliphatic heterocycles. The molecule has 0 unspecified atom stereocenters. The van der Waals surface area contributed by atoms with Gasteiger partial charge in [-0.1, -0.05) is 53.0 Å². The lowest BCUT2D eigenvalue weighted by Gasteiger charge is -2.12. The molecule has 0 saturated heterocycles. The summed E-state index contributed by atoms with van der Waals surface area (Å²) in [7, 11) is 1.50. The topological polar surface area (TPSA) is 71.3 Å². The van der Waals surface area contributed by atoms with E-state index in [1.54, 1.807) is 60.7 Å². The number of hydrogen-bond acceptors (Lipinski definition) is 4. The molecule has 162 valence electrons. The van der Waals surface area contributed by atoms with Crippen LogP contribution in [0.3, 0.4) is 0 Å². The third-order valence-electron chi connectivity index (χ3n) is 4.34. The molecule has 0 fully saturated rings. The van der Waals surface area contributed by atoms with Gasteiger partial charge in [-0.15, -0.1) is 0 Å². The molecule has 8 heteroatoms. The Bertz CT molecular complexity index is 1220. The van der Waals surface area contributed by atoms with E-state index in [0.29, 0.717) is 37.8 Å². The predicted octanol–water partition coefficient (Wildman–Crippen LogP) is 6.78. The van der Waals surface area contributed by atoms with E-state index >= 15 is 0 Å².